The summed E-state index contributed by atoms with van der Waals surface area (Å²) in [6.07, 6.45) is 7.05. The highest BCUT2D eigenvalue weighted by Gasteiger charge is 2.07. The topological polar surface area (TPSA) is 22.1 Å². The van der Waals surface area contributed by atoms with Gasteiger partial charge in [0.05, 0.1) is 7.11 Å². The molecule has 0 atom stereocenters. The lowest BCUT2D eigenvalue weighted by molar-refractivity contribution is 0.413. The predicted octanol–water partition coefficient (Wildman–Crippen LogP) is 3.24. The molecule has 2 heteroatoms. The molecule has 1 rings (SSSR count). The summed E-state index contributed by atoms with van der Waals surface area (Å²) in [5.41, 5.74) is 2.98. The molecule has 15 heavy (non-hydrogen) atoms. The quantitative estimate of drug-likeness (QED) is 0.698. The second kappa shape index (κ2) is 5.15. The van der Waals surface area contributed by atoms with Crippen LogP contribution >= 0.6 is 0 Å². The Morgan fingerprint density at radius 1 is 1.40 bits per heavy atom. The number of methoxy groups -OCH3 is 1. The van der Waals surface area contributed by atoms with Gasteiger partial charge >= 0.3 is 0 Å². The van der Waals surface area contributed by atoms with Crippen molar-refractivity contribution in [2.75, 3.05) is 7.11 Å². The zero-order chi connectivity index (χ0) is 11.3. The van der Waals surface area contributed by atoms with Crippen molar-refractivity contribution in [3.05, 3.63) is 54.9 Å². The van der Waals surface area contributed by atoms with Crippen LogP contribution in [-0.4, -0.2) is 12.1 Å². The molecule has 0 amide bonds. The van der Waals surface area contributed by atoms with Gasteiger partial charge in [-0.3, -0.25) is 4.98 Å². The van der Waals surface area contributed by atoms with Gasteiger partial charge in [0.15, 0.2) is 0 Å². The number of hydrogen-bond acceptors (Lipinski definition) is 2. The minimum Gasteiger partial charge on any atom is -0.496 e. The molecule has 0 radical (unpaired) electrons. The number of hydrogen-bond donors (Lipinski definition) is 0. The maximum Gasteiger partial charge on any atom is 0.129 e. The summed E-state index contributed by atoms with van der Waals surface area (Å²) in [6, 6.07) is 1.83. The first-order chi connectivity index (χ1) is 7.24. The van der Waals surface area contributed by atoms with Crippen LogP contribution in [-0.2, 0) is 0 Å². The Morgan fingerprint density at radius 3 is 2.67 bits per heavy atom. The Bertz CT molecular complexity index is 405. The van der Waals surface area contributed by atoms with Crippen molar-refractivity contribution in [3.8, 4) is 5.75 Å². The maximum atomic E-state index is 5.27. The smallest absolute Gasteiger partial charge is 0.129 e. The van der Waals surface area contributed by atoms with E-state index in [9.17, 15) is 0 Å². The minimum atomic E-state index is 0.793. The zero-order valence-corrected chi connectivity index (χ0v) is 9.16. The molecule has 0 fully saturated rings. The molecule has 78 valence electrons. The van der Waals surface area contributed by atoms with Crippen LogP contribution in [0, 0.1) is 0 Å². The van der Waals surface area contributed by atoms with Crippen LogP contribution in [0.15, 0.2) is 49.3 Å². The molecule has 0 saturated carbocycles. The molecule has 0 unspecified atom stereocenters. The summed E-state index contributed by atoms with van der Waals surface area (Å²) in [5.74, 6) is 0.793. The van der Waals surface area contributed by atoms with E-state index in [0.29, 0.717) is 0 Å². The molecule has 0 saturated heterocycles. The lowest BCUT2D eigenvalue weighted by Gasteiger charge is -2.09. The fourth-order valence-corrected chi connectivity index (χ4v) is 1.36. The zero-order valence-electron chi connectivity index (χ0n) is 9.16. The SMILES string of the molecule is C=C/C(C)=C(\C=C)c1cnccc1OC. The van der Waals surface area contributed by atoms with Crippen LogP contribution in [0.3, 0.4) is 0 Å². The van der Waals surface area contributed by atoms with Gasteiger partial charge in [-0.1, -0.05) is 25.3 Å². The summed E-state index contributed by atoms with van der Waals surface area (Å²) in [6.45, 7) is 9.52. The molecule has 0 aromatic carbocycles. The molecule has 0 spiro atoms. The lowest BCUT2D eigenvalue weighted by Crippen LogP contribution is -1.92. The molecule has 0 aliphatic rings. The Hall–Kier alpha value is -1.83. The van der Waals surface area contributed by atoms with Crippen LogP contribution in [0.1, 0.15) is 12.5 Å². The van der Waals surface area contributed by atoms with Crippen molar-refractivity contribution in [2.45, 2.75) is 6.92 Å². The molecule has 1 aromatic heterocycles. The van der Waals surface area contributed by atoms with Crippen LogP contribution in [0.5, 0.6) is 5.75 Å². The first-order valence-electron chi connectivity index (χ1n) is 4.68. The van der Waals surface area contributed by atoms with Gasteiger partial charge in [-0.05, 0) is 24.1 Å². The molecule has 0 aliphatic carbocycles. The number of rotatable bonds is 4. The highest BCUT2D eigenvalue weighted by molar-refractivity contribution is 5.80. The van der Waals surface area contributed by atoms with Crippen molar-refractivity contribution in [1.29, 1.82) is 0 Å². The maximum absolute atomic E-state index is 5.27. The van der Waals surface area contributed by atoms with Gasteiger partial charge in [0.25, 0.3) is 0 Å². The van der Waals surface area contributed by atoms with Crippen molar-refractivity contribution >= 4 is 5.57 Å². The molecule has 0 N–H and O–H groups in total. The second-order valence-corrected chi connectivity index (χ2v) is 3.08. The van der Waals surface area contributed by atoms with E-state index in [2.05, 4.69) is 18.1 Å². The lowest BCUT2D eigenvalue weighted by atomic mass is 10.0. The average molecular weight is 201 g/mol. The highest BCUT2D eigenvalue weighted by atomic mass is 16.5. The molecule has 2 nitrogen and oxygen atoms in total. The summed E-state index contributed by atoms with van der Waals surface area (Å²) < 4.78 is 5.27. The van der Waals surface area contributed by atoms with E-state index in [-0.39, 0.29) is 0 Å². The van der Waals surface area contributed by atoms with E-state index in [1.54, 1.807) is 31.7 Å². The summed E-state index contributed by atoms with van der Waals surface area (Å²) in [5, 5.41) is 0. The number of pyridine rings is 1. The van der Waals surface area contributed by atoms with Crippen molar-refractivity contribution in [1.82, 2.24) is 4.98 Å². The Labute approximate surface area is 90.6 Å². The van der Waals surface area contributed by atoms with E-state index in [0.717, 1.165) is 22.5 Å². The summed E-state index contributed by atoms with van der Waals surface area (Å²) >= 11 is 0. The monoisotopic (exact) mass is 201 g/mol. The Kier molecular flexibility index (Phi) is 3.86. The molecular weight excluding hydrogens is 186 g/mol. The number of nitrogens with zero attached hydrogens (tertiary/aromatic N) is 1. The number of allylic oxidation sites excluding steroid dienone is 4. The van der Waals surface area contributed by atoms with Crippen molar-refractivity contribution in [3.63, 3.8) is 0 Å². The van der Waals surface area contributed by atoms with E-state index < -0.39 is 0 Å². The molecule has 1 heterocycles. The van der Waals surface area contributed by atoms with Crippen molar-refractivity contribution in [2.24, 2.45) is 0 Å². The fraction of sp³-hybridized carbons (Fsp3) is 0.154. The third-order valence-electron chi connectivity index (χ3n) is 2.23. The van der Waals surface area contributed by atoms with Crippen molar-refractivity contribution < 1.29 is 4.74 Å². The van der Waals surface area contributed by atoms with Crippen LogP contribution in [0.4, 0.5) is 0 Å². The van der Waals surface area contributed by atoms with Gasteiger partial charge in [-0.2, -0.15) is 0 Å². The van der Waals surface area contributed by atoms with E-state index >= 15 is 0 Å². The third-order valence-corrected chi connectivity index (χ3v) is 2.23. The van der Waals surface area contributed by atoms with Gasteiger partial charge in [0.1, 0.15) is 5.75 Å². The third kappa shape index (κ3) is 2.34. The summed E-state index contributed by atoms with van der Waals surface area (Å²) in [7, 11) is 1.64. The van der Waals surface area contributed by atoms with Crippen LogP contribution < -0.4 is 4.74 Å². The van der Waals surface area contributed by atoms with Gasteiger partial charge < -0.3 is 4.74 Å². The van der Waals surface area contributed by atoms with Crippen LogP contribution in [0.25, 0.3) is 5.57 Å². The van der Waals surface area contributed by atoms with E-state index in [1.165, 1.54) is 0 Å². The standard InChI is InChI=1S/C13H15NO/c1-5-10(3)11(6-2)12-9-14-8-7-13(12)15-4/h5-9H,1-2H2,3-4H3/b11-10+. The average Bonchev–Trinajstić information content (AvgIpc) is 2.30. The van der Waals surface area contributed by atoms with Gasteiger partial charge in [-0.25, -0.2) is 0 Å². The minimum absolute atomic E-state index is 0.793. The molecule has 1 aromatic rings. The number of aromatic nitrogens is 1. The van der Waals surface area contributed by atoms with Gasteiger partial charge in [0.2, 0.25) is 0 Å². The van der Waals surface area contributed by atoms with E-state index in [1.807, 2.05) is 13.0 Å². The Morgan fingerprint density at radius 2 is 2.13 bits per heavy atom. The second-order valence-electron chi connectivity index (χ2n) is 3.08. The molecule has 0 bridgehead atoms. The molecular formula is C13H15NO. The predicted molar refractivity (Wildman–Crippen MR) is 63.8 cm³/mol. The normalized spacial score (nSPS) is 11.6. The first-order valence-corrected chi connectivity index (χ1v) is 4.68. The fourth-order valence-electron chi connectivity index (χ4n) is 1.36. The van der Waals surface area contributed by atoms with E-state index in [4.69, 9.17) is 4.74 Å². The van der Waals surface area contributed by atoms with Gasteiger partial charge in [0, 0.05) is 18.0 Å². The molecule has 0 aliphatic heterocycles. The number of ether oxygens (including phenoxy) is 1. The highest BCUT2D eigenvalue weighted by Crippen LogP contribution is 2.28. The summed E-state index contributed by atoms with van der Waals surface area (Å²) in [4.78, 5) is 4.08. The first kappa shape index (κ1) is 11.2. The van der Waals surface area contributed by atoms with Gasteiger partial charge in [-0.15, -0.1) is 0 Å². The largest absolute Gasteiger partial charge is 0.496 e. The Balaban J connectivity index is 3.36. The van der Waals surface area contributed by atoms with Crippen LogP contribution in [0.2, 0.25) is 0 Å².